The number of H-pyrrole nitrogens is 2. The van der Waals surface area contributed by atoms with Crippen molar-refractivity contribution in [1.82, 2.24) is 14.7 Å². The van der Waals surface area contributed by atoms with E-state index in [4.69, 9.17) is 5.11 Å². The van der Waals surface area contributed by atoms with Crippen LogP contribution in [0.2, 0.25) is 0 Å². The number of rotatable bonds is 5. The van der Waals surface area contributed by atoms with Gasteiger partial charge in [0.2, 0.25) is 10.0 Å². The molecular weight excluding hydrogens is 326 g/mol. The van der Waals surface area contributed by atoms with Gasteiger partial charge in [0, 0.05) is 0 Å². The van der Waals surface area contributed by atoms with Crippen molar-refractivity contribution in [3.8, 4) is 0 Å². The highest BCUT2D eigenvalue weighted by atomic mass is 32.2. The summed E-state index contributed by atoms with van der Waals surface area (Å²) in [5.74, 6) is -1.77. The second-order valence-electron chi connectivity index (χ2n) is 5.30. The van der Waals surface area contributed by atoms with Gasteiger partial charge < -0.3 is 10.1 Å². The fourth-order valence-corrected chi connectivity index (χ4v) is 3.38. The maximum absolute atomic E-state index is 12.3. The van der Waals surface area contributed by atoms with Crippen LogP contribution in [-0.2, 0) is 14.8 Å². The van der Waals surface area contributed by atoms with Crippen molar-refractivity contribution in [2.24, 2.45) is 5.92 Å². The molecule has 0 saturated carbocycles. The lowest BCUT2D eigenvalue weighted by molar-refractivity contribution is -0.140. The summed E-state index contributed by atoms with van der Waals surface area (Å²) in [7, 11) is -4.14. The molecule has 23 heavy (non-hydrogen) atoms. The number of carboxylic acid groups (broad SMARTS) is 1. The highest BCUT2D eigenvalue weighted by molar-refractivity contribution is 7.89. The first-order valence-electron chi connectivity index (χ1n) is 6.63. The van der Waals surface area contributed by atoms with Crippen LogP contribution >= 0.6 is 0 Å². The SMILES string of the molecule is CC(C)[C@@H](NS(=O)(=O)c1ccc2[nH]c(=O)[nH]c(=O)c2c1)C(=O)O. The first kappa shape index (κ1) is 16.9. The molecule has 9 nitrogen and oxygen atoms in total. The maximum Gasteiger partial charge on any atom is 0.326 e. The van der Waals surface area contributed by atoms with Crippen LogP contribution < -0.4 is 16.0 Å². The van der Waals surface area contributed by atoms with E-state index in [0.29, 0.717) is 0 Å². The Morgan fingerprint density at radius 3 is 2.43 bits per heavy atom. The number of aliphatic carboxylic acids is 1. The van der Waals surface area contributed by atoms with Crippen molar-refractivity contribution in [3.63, 3.8) is 0 Å². The molecule has 1 aromatic carbocycles. The summed E-state index contributed by atoms with van der Waals surface area (Å²) in [5.41, 5.74) is -1.27. The number of hydrogen-bond acceptors (Lipinski definition) is 5. The third kappa shape index (κ3) is 3.48. The molecule has 0 bridgehead atoms. The first-order chi connectivity index (χ1) is 10.6. The van der Waals surface area contributed by atoms with E-state index in [1.807, 2.05) is 4.98 Å². The monoisotopic (exact) mass is 341 g/mol. The highest BCUT2D eigenvalue weighted by Crippen LogP contribution is 2.15. The van der Waals surface area contributed by atoms with Gasteiger partial charge >= 0.3 is 11.7 Å². The predicted molar refractivity (Wildman–Crippen MR) is 81.8 cm³/mol. The van der Waals surface area contributed by atoms with Gasteiger partial charge in [0.05, 0.1) is 15.8 Å². The lowest BCUT2D eigenvalue weighted by Gasteiger charge is -2.18. The largest absolute Gasteiger partial charge is 0.480 e. The van der Waals surface area contributed by atoms with Crippen molar-refractivity contribution in [3.05, 3.63) is 39.0 Å². The Morgan fingerprint density at radius 2 is 1.87 bits per heavy atom. The molecule has 124 valence electrons. The molecule has 10 heteroatoms. The van der Waals surface area contributed by atoms with Crippen LogP contribution in [-0.4, -0.2) is 35.5 Å². The van der Waals surface area contributed by atoms with E-state index in [1.54, 1.807) is 13.8 Å². The number of benzene rings is 1. The summed E-state index contributed by atoms with van der Waals surface area (Å²) in [6.07, 6.45) is 0. The highest BCUT2D eigenvalue weighted by Gasteiger charge is 2.28. The molecule has 1 heterocycles. The van der Waals surface area contributed by atoms with Crippen LogP contribution in [0.5, 0.6) is 0 Å². The number of hydrogen-bond donors (Lipinski definition) is 4. The third-order valence-electron chi connectivity index (χ3n) is 3.24. The van der Waals surface area contributed by atoms with Crippen LogP contribution in [0.15, 0.2) is 32.7 Å². The molecule has 0 saturated heterocycles. The Bertz CT molecular complexity index is 973. The topological polar surface area (TPSA) is 149 Å². The summed E-state index contributed by atoms with van der Waals surface area (Å²) in [6.45, 7) is 3.13. The number of nitrogens with one attached hydrogen (secondary N) is 3. The quantitative estimate of drug-likeness (QED) is 0.581. The lowest BCUT2D eigenvalue weighted by Crippen LogP contribution is -2.44. The summed E-state index contributed by atoms with van der Waals surface area (Å²) in [4.78, 5) is 38.1. The minimum absolute atomic E-state index is 0.0242. The molecule has 1 atom stereocenters. The van der Waals surface area contributed by atoms with Gasteiger partial charge in [-0.05, 0) is 24.1 Å². The average molecular weight is 341 g/mol. The fourth-order valence-electron chi connectivity index (χ4n) is 2.02. The number of carboxylic acids is 1. The fraction of sp³-hybridized carbons (Fsp3) is 0.308. The molecular formula is C13H15N3O6S. The van der Waals surface area contributed by atoms with Crippen molar-refractivity contribution in [2.75, 3.05) is 0 Å². The Labute approximate surface area is 130 Å². The number of carbonyl (C=O) groups is 1. The van der Waals surface area contributed by atoms with Gasteiger partial charge in [0.1, 0.15) is 6.04 Å². The molecule has 0 spiro atoms. The van der Waals surface area contributed by atoms with E-state index >= 15 is 0 Å². The summed E-state index contributed by atoms with van der Waals surface area (Å²) in [6, 6.07) is 2.22. The Hall–Kier alpha value is -2.46. The van der Waals surface area contributed by atoms with E-state index in [2.05, 4.69) is 9.71 Å². The summed E-state index contributed by atoms with van der Waals surface area (Å²) in [5, 5.41) is 9.05. The standard InChI is InChI=1S/C13H15N3O6S/c1-6(2)10(12(18)19)16-23(21,22)7-3-4-9-8(5-7)11(17)15-13(20)14-9/h3-6,10,16H,1-2H3,(H,18,19)(H2,14,15,17,20)/t10-/m1/s1. The zero-order chi connectivity index (χ0) is 17.4. The van der Waals surface area contributed by atoms with Crippen LogP contribution in [0.25, 0.3) is 10.9 Å². The van der Waals surface area contributed by atoms with Crippen molar-refractivity contribution < 1.29 is 18.3 Å². The van der Waals surface area contributed by atoms with Crippen LogP contribution in [0.1, 0.15) is 13.8 Å². The third-order valence-corrected chi connectivity index (χ3v) is 4.67. The Morgan fingerprint density at radius 1 is 1.22 bits per heavy atom. The minimum atomic E-state index is -4.14. The predicted octanol–water partition coefficient (Wildman–Crippen LogP) is -0.396. The van der Waals surface area contributed by atoms with Gasteiger partial charge in [-0.3, -0.25) is 14.6 Å². The van der Waals surface area contributed by atoms with E-state index in [-0.39, 0.29) is 15.8 Å². The van der Waals surface area contributed by atoms with Gasteiger partial charge in [-0.1, -0.05) is 13.8 Å². The van der Waals surface area contributed by atoms with E-state index in [0.717, 1.165) is 6.07 Å². The zero-order valence-electron chi connectivity index (χ0n) is 12.3. The van der Waals surface area contributed by atoms with E-state index in [9.17, 15) is 22.8 Å². The molecule has 0 unspecified atom stereocenters. The van der Waals surface area contributed by atoms with Gasteiger partial charge in [-0.25, -0.2) is 13.2 Å². The summed E-state index contributed by atoms with van der Waals surface area (Å²) >= 11 is 0. The number of aromatic nitrogens is 2. The Balaban J connectivity index is 2.52. The molecule has 0 aliphatic heterocycles. The molecule has 0 fully saturated rings. The Kier molecular flexibility index (Phi) is 4.39. The second kappa shape index (κ2) is 5.97. The smallest absolute Gasteiger partial charge is 0.326 e. The molecule has 1 aromatic heterocycles. The molecule has 0 aliphatic carbocycles. The number of fused-ring (bicyclic) bond motifs is 1. The van der Waals surface area contributed by atoms with Gasteiger partial charge in [0.25, 0.3) is 5.56 Å². The zero-order valence-corrected chi connectivity index (χ0v) is 13.1. The van der Waals surface area contributed by atoms with Gasteiger partial charge in [-0.15, -0.1) is 0 Å². The first-order valence-corrected chi connectivity index (χ1v) is 8.11. The van der Waals surface area contributed by atoms with Gasteiger partial charge in [-0.2, -0.15) is 4.72 Å². The van der Waals surface area contributed by atoms with Crippen molar-refractivity contribution in [1.29, 1.82) is 0 Å². The number of aromatic amines is 2. The molecule has 4 N–H and O–H groups in total. The maximum atomic E-state index is 12.3. The minimum Gasteiger partial charge on any atom is -0.480 e. The van der Waals surface area contributed by atoms with Crippen molar-refractivity contribution >= 4 is 26.9 Å². The van der Waals surface area contributed by atoms with E-state index in [1.165, 1.54) is 12.1 Å². The second-order valence-corrected chi connectivity index (χ2v) is 7.01. The van der Waals surface area contributed by atoms with Crippen LogP contribution in [0.4, 0.5) is 0 Å². The average Bonchev–Trinajstić information content (AvgIpc) is 2.43. The molecule has 2 aromatic rings. The normalized spacial score (nSPS) is 13.3. The van der Waals surface area contributed by atoms with E-state index < -0.39 is 39.2 Å². The van der Waals surface area contributed by atoms with Crippen LogP contribution in [0, 0.1) is 5.92 Å². The molecule has 0 aliphatic rings. The van der Waals surface area contributed by atoms with Crippen molar-refractivity contribution in [2.45, 2.75) is 24.8 Å². The molecule has 0 amide bonds. The van der Waals surface area contributed by atoms with Gasteiger partial charge in [0.15, 0.2) is 0 Å². The molecule has 0 radical (unpaired) electrons. The molecule has 2 rings (SSSR count). The summed E-state index contributed by atoms with van der Waals surface area (Å²) < 4.78 is 26.7. The lowest BCUT2D eigenvalue weighted by atomic mass is 10.1. The number of sulfonamides is 1. The van der Waals surface area contributed by atoms with Crippen LogP contribution in [0.3, 0.4) is 0 Å².